The van der Waals surface area contributed by atoms with Crippen molar-refractivity contribution in [1.29, 1.82) is 0 Å². The number of carbonyl (C=O) groups excluding carboxylic acids is 5. The zero-order valence-electron chi connectivity index (χ0n) is 36.9. The number of benzene rings is 2. The van der Waals surface area contributed by atoms with Crippen LogP contribution in [0, 0.1) is 33.5 Å². The van der Waals surface area contributed by atoms with Crippen molar-refractivity contribution in [2.75, 3.05) is 11.9 Å². The lowest BCUT2D eigenvalue weighted by atomic mass is 9.73. The normalized spacial score (nSPS) is 28.2. The molecule has 13 nitrogen and oxygen atoms in total. The van der Waals surface area contributed by atoms with E-state index in [4.69, 9.17) is 0 Å². The largest absolute Gasteiger partial charge is 0.355 e. The average Bonchev–Trinajstić information content (AvgIpc) is 4.17. The van der Waals surface area contributed by atoms with Gasteiger partial charge in [0.25, 0.3) is 11.8 Å². The van der Waals surface area contributed by atoms with Crippen molar-refractivity contribution < 1.29 is 32.4 Å². The van der Waals surface area contributed by atoms with Gasteiger partial charge in [0.2, 0.25) is 27.7 Å². The molecule has 0 radical (unpaired) electrons. The van der Waals surface area contributed by atoms with Crippen LogP contribution in [0.1, 0.15) is 122 Å². The van der Waals surface area contributed by atoms with Gasteiger partial charge in [-0.3, -0.25) is 28.7 Å². The smallest absolute Gasteiger partial charge is 0.259 e. The van der Waals surface area contributed by atoms with Gasteiger partial charge in [-0.25, -0.2) is 8.42 Å². The van der Waals surface area contributed by atoms with Gasteiger partial charge in [-0.2, -0.15) is 0 Å². The molecular weight excluding hydrogens is 805 g/mol. The average molecular weight is 869 g/mol. The van der Waals surface area contributed by atoms with Crippen LogP contribution in [0.5, 0.6) is 0 Å². The number of anilines is 2. The molecule has 1 heterocycles. The monoisotopic (exact) mass is 868 g/mol. The van der Waals surface area contributed by atoms with E-state index in [2.05, 4.69) is 46.4 Å². The van der Waals surface area contributed by atoms with Crippen LogP contribution in [0.2, 0.25) is 0 Å². The van der Waals surface area contributed by atoms with Crippen molar-refractivity contribution >= 4 is 50.9 Å². The first-order valence-electron chi connectivity index (χ1n) is 22.6. The van der Waals surface area contributed by atoms with E-state index >= 15 is 4.79 Å². The fourth-order valence-electron chi connectivity index (χ4n) is 11.7. The van der Waals surface area contributed by atoms with E-state index in [0.717, 1.165) is 57.1 Å². The van der Waals surface area contributed by atoms with Crippen LogP contribution in [-0.4, -0.2) is 78.3 Å². The number of fused-ring (bicyclic) bond motifs is 1. The van der Waals surface area contributed by atoms with E-state index in [9.17, 15) is 27.6 Å². The van der Waals surface area contributed by atoms with Crippen molar-refractivity contribution in [2.24, 2.45) is 33.5 Å². The fourth-order valence-corrected chi connectivity index (χ4v) is 13.0. The molecule has 14 heteroatoms. The highest BCUT2D eigenvalue weighted by Gasteiger charge is 2.85. The lowest BCUT2D eigenvalue weighted by molar-refractivity contribution is -0.145. The first kappa shape index (κ1) is 43.9. The summed E-state index contributed by atoms with van der Waals surface area (Å²) < 4.78 is 28.0. The number of hydrogen-bond donors (Lipinski definition) is 5. The first-order chi connectivity index (χ1) is 29.3. The Morgan fingerprint density at radius 1 is 0.839 bits per heavy atom. The molecule has 334 valence electrons. The van der Waals surface area contributed by atoms with Gasteiger partial charge >= 0.3 is 0 Å². The lowest BCUT2D eigenvalue weighted by Crippen LogP contribution is -2.62. The highest BCUT2D eigenvalue weighted by Crippen LogP contribution is 2.88. The number of hydrogen-bond acceptors (Lipinski definition) is 8. The van der Waals surface area contributed by atoms with Gasteiger partial charge < -0.3 is 26.2 Å². The second kappa shape index (κ2) is 15.8. The maximum Gasteiger partial charge on any atom is 0.259 e. The van der Waals surface area contributed by atoms with Crippen LogP contribution in [0.3, 0.4) is 0 Å². The number of nitrogens with one attached hydrogen (secondary N) is 5. The Bertz CT molecular complexity index is 2240. The standard InChI is InChI=1S/C48H64N6O7S/c1-7-31-27-48(31,43(59)53-62(60,61)33-23-24-33)52-40(56)36-28-47(45(5,6)46(47)25-16-26-46)29-54(36)42(58)38(44(2,3)4)51-41(57)37(30-17-10-8-11-18-30)50-39(55)34-21-14-15-22-35(34)49-32-19-12-9-13-20-32/h7,9,12-15,19-22,30-31,33,36-38,49H,1,8,10-11,16-18,23-29H2,2-6H3,(H,50,55)(H,51,57)(H,52,56)(H,53,59)/t31-,36+,37?,38-,47-,48-/m1/s1. The molecule has 2 aromatic rings. The summed E-state index contributed by atoms with van der Waals surface area (Å²) in [4.78, 5) is 74.4. The molecule has 0 bridgehead atoms. The molecule has 5 aliphatic carbocycles. The third-order valence-corrected chi connectivity index (χ3v) is 17.8. The first-order valence-corrected chi connectivity index (χ1v) is 24.2. The second-order valence-electron chi connectivity index (χ2n) is 20.7. The van der Waals surface area contributed by atoms with E-state index in [1.54, 1.807) is 23.1 Å². The zero-order valence-corrected chi connectivity index (χ0v) is 37.7. The highest BCUT2D eigenvalue weighted by molar-refractivity contribution is 7.91. The molecule has 8 rings (SSSR count). The lowest BCUT2D eigenvalue weighted by Gasteiger charge is -2.38. The minimum Gasteiger partial charge on any atom is -0.355 e. The molecule has 1 unspecified atom stereocenters. The van der Waals surface area contributed by atoms with Crippen molar-refractivity contribution in [2.45, 2.75) is 141 Å². The minimum atomic E-state index is -3.89. The molecular formula is C48H64N6O7S. The number of rotatable bonds is 14. The summed E-state index contributed by atoms with van der Waals surface area (Å²) in [6.07, 6.45) is 10.5. The highest BCUT2D eigenvalue weighted by atomic mass is 32.2. The predicted molar refractivity (Wildman–Crippen MR) is 237 cm³/mol. The van der Waals surface area contributed by atoms with Crippen molar-refractivity contribution in [3.05, 3.63) is 72.8 Å². The Labute approximate surface area is 366 Å². The number of amides is 5. The number of sulfonamides is 1. The second-order valence-corrected chi connectivity index (χ2v) is 22.7. The molecule has 1 aliphatic heterocycles. The Kier molecular flexibility index (Phi) is 11.2. The van der Waals surface area contributed by atoms with E-state index in [-0.39, 0.29) is 28.6 Å². The summed E-state index contributed by atoms with van der Waals surface area (Å²) in [5, 5.41) is 11.9. The quantitative estimate of drug-likeness (QED) is 0.141. The molecule has 2 spiro atoms. The molecule has 6 atom stereocenters. The van der Waals surface area contributed by atoms with Gasteiger partial charge in [0.05, 0.1) is 16.5 Å². The van der Waals surface area contributed by atoms with Crippen molar-refractivity contribution in [3.8, 4) is 0 Å². The van der Waals surface area contributed by atoms with Crippen molar-refractivity contribution in [3.63, 3.8) is 0 Å². The van der Waals surface area contributed by atoms with Crippen LogP contribution in [0.4, 0.5) is 11.4 Å². The van der Waals surface area contributed by atoms with E-state index < -0.39 is 79.8 Å². The molecule has 62 heavy (non-hydrogen) atoms. The SMILES string of the molecule is C=C[C@@H]1C[C@]1(NC(=O)[C@@H]1C[C@@]2(CN1C(=O)[C@@H](NC(=O)C(NC(=O)c1ccccc1Nc1ccccc1)C1CCCCC1)C(C)(C)C)C(C)(C)C21CCC1)C(=O)NS(=O)(=O)C1CC1. The molecule has 2 aromatic carbocycles. The molecule has 1 saturated heterocycles. The van der Waals surface area contributed by atoms with Crippen LogP contribution in [0.15, 0.2) is 67.3 Å². The van der Waals surface area contributed by atoms with Gasteiger partial charge in [-0.15, -0.1) is 6.58 Å². The topological polar surface area (TPSA) is 183 Å². The van der Waals surface area contributed by atoms with E-state index in [1.165, 1.54) is 0 Å². The van der Waals surface area contributed by atoms with Crippen LogP contribution >= 0.6 is 0 Å². The van der Waals surface area contributed by atoms with Gasteiger partial charge in [-0.1, -0.05) is 96.7 Å². The summed E-state index contributed by atoms with van der Waals surface area (Å²) in [5.41, 5.74) is -1.08. The Hall–Kier alpha value is -4.72. The van der Waals surface area contributed by atoms with Gasteiger partial charge in [0.1, 0.15) is 23.7 Å². The number of likely N-dealkylation sites (tertiary alicyclic amines) is 1. The summed E-state index contributed by atoms with van der Waals surface area (Å²) in [6, 6.07) is 13.7. The number of carbonyl (C=O) groups is 5. The van der Waals surface area contributed by atoms with Gasteiger partial charge in [0.15, 0.2) is 0 Å². The minimum absolute atomic E-state index is 0.0350. The summed E-state index contributed by atoms with van der Waals surface area (Å²) in [7, 11) is -3.89. The molecule has 6 fully saturated rings. The van der Waals surface area contributed by atoms with Gasteiger partial charge in [-0.05, 0) is 97.8 Å². The van der Waals surface area contributed by atoms with Gasteiger partial charge in [0, 0.05) is 23.6 Å². The summed E-state index contributed by atoms with van der Waals surface area (Å²) in [5.74, 6) is -3.21. The fraction of sp³-hybridized carbons (Fsp3) is 0.604. The Morgan fingerprint density at radius 3 is 2.08 bits per heavy atom. The third-order valence-electron chi connectivity index (χ3n) is 16.0. The van der Waals surface area contributed by atoms with E-state index in [1.807, 2.05) is 63.2 Å². The van der Waals surface area contributed by atoms with Crippen LogP contribution in [-0.2, 0) is 29.2 Å². The van der Waals surface area contributed by atoms with E-state index in [0.29, 0.717) is 37.1 Å². The van der Waals surface area contributed by atoms with Crippen LogP contribution in [0.25, 0.3) is 0 Å². The molecule has 5 amide bonds. The molecule has 6 aliphatic rings. The maximum atomic E-state index is 15.3. The van der Waals surface area contributed by atoms with Crippen molar-refractivity contribution in [1.82, 2.24) is 25.6 Å². The van der Waals surface area contributed by atoms with Crippen LogP contribution < -0.4 is 26.0 Å². The molecule has 0 aromatic heterocycles. The number of para-hydroxylation sites is 2. The Balaban J connectivity index is 1.06. The number of nitrogens with zero attached hydrogens (tertiary/aromatic N) is 1. The predicted octanol–water partition coefficient (Wildman–Crippen LogP) is 6.11. The molecule has 5 N–H and O–H groups in total. The summed E-state index contributed by atoms with van der Waals surface area (Å²) in [6.45, 7) is 14.2. The maximum absolute atomic E-state index is 15.3. The summed E-state index contributed by atoms with van der Waals surface area (Å²) >= 11 is 0. The third kappa shape index (κ3) is 7.51. The Morgan fingerprint density at radius 2 is 1.50 bits per heavy atom. The zero-order chi connectivity index (χ0) is 44.5. The molecule has 5 saturated carbocycles.